The predicted octanol–water partition coefficient (Wildman–Crippen LogP) is 4.92. The van der Waals surface area contributed by atoms with Gasteiger partial charge in [-0.1, -0.05) is 31.6 Å². The number of fused-ring (bicyclic) bond motifs is 1. The molecule has 0 saturated heterocycles. The monoisotopic (exact) mass is 417 g/mol. The number of carboxylic acid groups (broad SMARTS) is 1. The van der Waals surface area contributed by atoms with E-state index in [4.69, 9.17) is 10.4 Å². The number of benzene rings is 1. The van der Waals surface area contributed by atoms with Crippen molar-refractivity contribution < 1.29 is 15.0 Å². The second-order valence-corrected chi connectivity index (χ2v) is 8.66. The number of nitriles is 1. The van der Waals surface area contributed by atoms with Crippen molar-refractivity contribution in [1.82, 2.24) is 0 Å². The van der Waals surface area contributed by atoms with Crippen LogP contribution in [-0.2, 0) is 4.79 Å². The minimum Gasteiger partial charge on any atom is -0.506 e. The van der Waals surface area contributed by atoms with E-state index in [-0.39, 0.29) is 28.8 Å². The molecular weight excluding hydrogens is 390 g/mol. The fourth-order valence-corrected chi connectivity index (χ4v) is 5.09. The maximum absolute atomic E-state index is 11.2. The summed E-state index contributed by atoms with van der Waals surface area (Å²) in [5.74, 6) is -0.244. The predicted molar refractivity (Wildman–Crippen MR) is 120 cm³/mol. The number of phenols is 1. The van der Waals surface area contributed by atoms with E-state index in [0.29, 0.717) is 5.92 Å². The molecule has 6 nitrogen and oxygen atoms in total. The van der Waals surface area contributed by atoms with Crippen LogP contribution in [0.3, 0.4) is 0 Å². The van der Waals surface area contributed by atoms with Gasteiger partial charge in [-0.2, -0.15) is 10.4 Å². The first kappa shape index (κ1) is 20.9. The largest absolute Gasteiger partial charge is 0.506 e. The molecule has 0 amide bonds. The van der Waals surface area contributed by atoms with E-state index in [1.54, 1.807) is 25.1 Å². The molecule has 0 aromatic heterocycles. The molecule has 1 aromatic rings. The number of aliphatic carboxylic acids is 1. The molecule has 3 aliphatic rings. The minimum atomic E-state index is -0.943. The van der Waals surface area contributed by atoms with Gasteiger partial charge in [0.2, 0.25) is 0 Å². The van der Waals surface area contributed by atoms with Crippen LogP contribution in [0.1, 0.15) is 51.0 Å². The number of anilines is 1. The molecular formula is C25H27N3O3. The lowest BCUT2D eigenvalue weighted by Gasteiger charge is -2.34. The lowest BCUT2D eigenvalue weighted by atomic mass is 9.74. The number of allylic oxidation sites excluding steroid dienone is 4. The summed E-state index contributed by atoms with van der Waals surface area (Å²) >= 11 is 0. The summed E-state index contributed by atoms with van der Waals surface area (Å²) in [6.45, 7) is 5.79. The zero-order valence-corrected chi connectivity index (χ0v) is 17.7. The molecule has 4 rings (SSSR count). The molecule has 1 aliphatic heterocycles. The van der Waals surface area contributed by atoms with Crippen molar-refractivity contribution in [2.75, 3.05) is 5.01 Å². The highest BCUT2D eigenvalue weighted by molar-refractivity contribution is 6.09. The van der Waals surface area contributed by atoms with E-state index in [2.05, 4.69) is 6.58 Å². The summed E-state index contributed by atoms with van der Waals surface area (Å²) in [4.78, 5) is 11.2. The van der Waals surface area contributed by atoms with Crippen LogP contribution in [0.15, 0.2) is 58.8 Å². The van der Waals surface area contributed by atoms with Crippen molar-refractivity contribution in [2.24, 2.45) is 16.9 Å². The van der Waals surface area contributed by atoms with Crippen molar-refractivity contribution in [3.8, 4) is 11.8 Å². The maximum Gasteiger partial charge on any atom is 0.331 e. The van der Waals surface area contributed by atoms with Gasteiger partial charge in [0.05, 0.1) is 23.0 Å². The number of hydrogen-bond acceptors (Lipinski definition) is 5. The second kappa shape index (κ2) is 8.43. The Morgan fingerprint density at radius 3 is 2.71 bits per heavy atom. The number of carbonyl (C=O) groups is 1. The molecule has 2 saturated carbocycles. The van der Waals surface area contributed by atoms with Gasteiger partial charge in [-0.3, -0.25) is 5.01 Å². The summed E-state index contributed by atoms with van der Waals surface area (Å²) < 4.78 is 0. The molecule has 6 heteroatoms. The van der Waals surface area contributed by atoms with E-state index in [9.17, 15) is 15.0 Å². The Morgan fingerprint density at radius 2 is 2.06 bits per heavy atom. The number of aromatic hydroxyl groups is 1. The van der Waals surface area contributed by atoms with Crippen LogP contribution in [-0.4, -0.2) is 27.9 Å². The van der Waals surface area contributed by atoms with Crippen molar-refractivity contribution in [3.05, 3.63) is 59.2 Å². The van der Waals surface area contributed by atoms with Crippen molar-refractivity contribution in [1.29, 1.82) is 5.26 Å². The summed E-state index contributed by atoms with van der Waals surface area (Å²) in [5, 5.41) is 35.7. The van der Waals surface area contributed by atoms with Gasteiger partial charge in [0.15, 0.2) is 0 Å². The fraction of sp³-hybridized carbons (Fsp3) is 0.400. The molecule has 160 valence electrons. The van der Waals surface area contributed by atoms with Crippen molar-refractivity contribution in [3.63, 3.8) is 0 Å². The van der Waals surface area contributed by atoms with E-state index in [1.807, 2.05) is 23.2 Å². The van der Waals surface area contributed by atoms with Gasteiger partial charge in [0, 0.05) is 23.1 Å². The topological polar surface area (TPSA) is 96.9 Å². The van der Waals surface area contributed by atoms with Crippen molar-refractivity contribution >= 4 is 17.4 Å². The lowest BCUT2D eigenvalue weighted by Crippen LogP contribution is -2.40. The quantitative estimate of drug-likeness (QED) is 0.678. The fourth-order valence-electron chi connectivity index (χ4n) is 5.09. The Bertz CT molecular complexity index is 1050. The molecule has 2 unspecified atom stereocenters. The molecule has 31 heavy (non-hydrogen) atoms. The molecule has 0 radical (unpaired) electrons. The van der Waals surface area contributed by atoms with E-state index in [0.717, 1.165) is 48.2 Å². The van der Waals surface area contributed by atoms with Gasteiger partial charge < -0.3 is 10.2 Å². The average Bonchev–Trinajstić information content (AvgIpc) is 3.40. The Morgan fingerprint density at radius 1 is 1.32 bits per heavy atom. The molecule has 1 heterocycles. The minimum absolute atomic E-state index is 0.0413. The van der Waals surface area contributed by atoms with Crippen LogP contribution in [0, 0.1) is 23.2 Å². The number of hydrogen-bond donors (Lipinski definition) is 2. The molecule has 1 aromatic carbocycles. The average molecular weight is 418 g/mol. The van der Waals surface area contributed by atoms with Crippen LogP contribution < -0.4 is 5.01 Å². The van der Waals surface area contributed by atoms with Gasteiger partial charge in [0.25, 0.3) is 0 Å². The lowest BCUT2D eigenvalue weighted by molar-refractivity contribution is -0.132. The first-order chi connectivity index (χ1) is 14.9. The molecule has 2 aliphatic carbocycles. The Kier molecular flexibility index (Phi) is 5.69. The van der Waals surface area contributed by atoms with Gasteiger partial charge in [-0.15, -0.1) is 0 Å². The van der Waals surface area contributed by atoms with Crippen LogP contribution in [0.25, 0.3) is 0 Å². The molecule has 2 fully saturated rings. The number of carboxylic acids is 1. The molecule has 2 N–H and O–H groups in total. The molecule has 0 bridgehead atoms. The standard InChI is InChI=1S/C25H27N3O3/c1-15-7-12-21-23(20(15)11-8-16(2)25(30)31)27-28(24(21)17-5-3-4-6-17)19-10-9-18(14-26)22(29)13-19/h8-11,13,17,21,24,29H,1,3-7,12H2,2H3,(H,30,31)/b16-8+,20-11+. The Labute approximate surface area is 182 Å². The van der Waals surface area contributed by atoms with Gasteiger partial charge in [-0.05, 0) is 56.2 Å². The number of hydrazone groups is 1. The highest BCUT2D eigenvalue weighted by atomic mass is 16.4. The van der Waals surface area contributed by atoms with Gasteiger partial charge in [0.1, 0.15) is 11.8 Å². The van der Waals surface area contributed by atoms with Crippen molar-refractivity contribution in [2.45, 2.75) is 51.5 Å². The zero-order valence-electron chi connectivity index (χ0n) is 17.7. The van der Waals surface area contributed by atoms with Crippen LogP contribution in [0.2, 0.25) is 0 Å². The smallest absolute Gasteiger partial charge is 0.331 e. The number of nitrogens with zero attached hydrogens (tertiary/aromatic N) is 3. The highest BCUT2D eigenvalue weighted by Gasteiger charge is 2.46. The summed E-state index contributed by atoms with van der Waals surface area (Å²) in [7, 11) is 0. The Balaban J connectivity index is 1.78. The van der Waals surface area contributed by atoms with Crippen LogP contribution in [0.4, 0.5) is 5.69 Å². The normalized spacial score (nSPS) is 25.5. The van der Waals surface area contributed by atoms with Gasteiger partial charge in [-0.25, -0.2) is 4.79 Å². The highest BCUT2D eigenvalue weighted by Crippen LogP contribution is 2.46. The summed E-state index contributed by atoms with van der Waals surface area (Å²) in [6, 6.07) is 7.28. The Hall–Kier alpha value is -3.33. The first-order valence-corrected chi connectivity index (χ1v) is 10.8. The first-order valence-electron chi connectivity index (χ1n) is 10.8. The van der Waals surface area contributed by atoms with Crippen LogP contribution >= 0.6 is 0 Å². The summed E-state index contributed by atoms with van der Waals surface area (Å²) in [6.07, 6.45) is 10.00. The zero-order chi connectivity index (χ0) is 22.1. The molecule has 0 spiro atoms. The molecule has 2 atom stereocenters. The second-order valence-electron chi connectivity index (χ2n) is 8.66. The maximum atomic E-state index is 11.2. The third-order valence-corrected chi connectivity index (χ3v) is 6.76. The summed E-state index contributed by atoms with van der Waals surface area (Å²) in [5.41, 5.74) is 4.12. The van der Waals surface area contributed by atoms with E-state index >= 15 is 0 Å². The van der Waals surface area contributed by atoms with E-state index < -0.39 is 5.97 Å². The third kappa shape index (κ3) is 3.88. The third-order valence-electron chi connectivity index (χ3n) is 6.76. The number of phenolic OH excluding ortho intramolecular Hbond substituents is 1. The van der Waals surface area contributed by atoms with E-state index in [1.165, 1.54) is 12.8 Å². The number of rotatable bonds is 4. The van der Waals surface area contributed by atoms with Gasteiger partial charge >= 0.3 is 5.97 Å². The SMILES string of the molecule is C=C1CCC2C(=NN(c3ccc(C#N)c(O)c3)C2C2CCCC2)/C1=C/C=C(\C)C(=O)O. The van der Waals surface area contributed by atoms with Crippen LogP contribution in [0.5, 0.6) is 5.75 Å².